The Bertz CT molecular complexity index is 492. The third kappa shape index (κ3) is 4.58. The number of benzene rings is 1. The molecule has 4 heteroatoms. The third-order valence-corrected chi connectivity index (χ3v) is 2.76. The standard InChI is InChI=1S/C15H19NO3/c1-11-13(7-4-5-10-16-12(2)17)8-6-9-14(11)15(18)19-3/h4,6-9H,5,10H2,1-3H3,(H,16,17). The highest BCUT2D eigenvalue weighted by molar-refractivity contribution is 5.92. The molecule has 1 aromatic carbocycles. The van der Waals surface area contributed by atoms with Gasteiger partial charge in [-0.25, -0.2) is 4.79 Å². The highest BCUT2D eigenvalue weighted by Crippen LogP contribution is 2.16. The largest absolute Gasteiger partial charge is 0.465 e. The van der Waals surface area contributed by atoms with E-state index in [1.54, 1.807) is 6.07 Å². The summed E-state index contributed by atoms with van der Waals surface area (Å²) in [6.07, 6.45) is 4.67. The van der Waals surface area contributed by atoms with Crippen molar-refractivity contribution in [3.8, 4) is 0 Å². The first-order valence-corrected chi connectivity index (χ1v) is 6.15. The van der Waals surface area contributed by atoms with Gasteiger partial charge in [-0.1, -0.05) is 24.3 Å². The van der Waals surface area contributed by atoms with Gasteiger partial charge in [0.25, 0.3) is 0 Å². The van der Waals surface area contributed by atoms with Crippen LogP contribution in [0.25, 0.3) is 6.08 Å². The summed E-state index contributed by atoms with van der Waals surface area (Å²) in [5.74, 6) is -0.358. The molecule has 1 N–H and O–H groups in total. The van der Waals surface area contributed by atoms with E-state index in [1.807, 2.05) is 31.2 Å². The summed E-state index contributed by atoms with van der Waals surface area (Å²) in [4.78, 5) is 22.2. The normalized spacial score (nSPS) is 10.5. The highest BCUT2D eigenvalue weighted by Gasteiger charge is 2.09. The third-order valence-electron chi connectivity index (χ3n) is 2.76. The molecular weight excluding hydrogens is 242 g/mol. The maximum Gasteiger partial charge on any atom is 0.338 e. The van der Waals surface area contributed by atoms with Crippen molar-refractivity contribution in [3.05, 3.63) is 41.0 Å². The number of esters is 1. The molecule has 19 heavy (non-hydrogen) atoms. The van der Waals surface area contributed by atoms with Gasteiger partial charge in [0.2, 0.25) is 5.91 Å². The molecule has 1 amide bonds. The quantitative estimate of drug-likeness (QED) is 0.653. The average molecular weight is 261 g/mol. The monoisotopic (exact) mass is 261 g/mol. The van der Waals surface area contributed by atoms with Crippen LogP contribution in [0, 0.1) is 6.92 Å². The predicted molar refractivity (Wildman–Crippen MR) is 74.9 cm³/mol. The van der Waals surface area contributed by atoms with Gasteiger partial charge in [0.05, 0.1) is 12.7 Å². The smallest absolute Gasteiger partial charge is 0.338 e. The first kappa shape index (κ1) is 15.0. The topological polar surface area (TPSA) is 55.4 Å². The summed E-state index contributed by atoms with van der Waals surface area (Å²) in [7, 11) is 1.37. The lowest BCUT2D eigenvalue weighted by Crippen LogP contribution is -2.20. The van der Waals surface area contributed by atoms with Gasteiger partial charge in [-0.05, 0) is 30.5 Å². The maximum absolute atomic E-state index is 11.5. The zero-order chi connectivity index (χ0) is 14.3. The Morgan fingerprint density at radius 2 is 2.11 bits per heavy atom. The van der Waals surface area contributed by atoms with Gasteiger partial charge in [-0.2, -0.15) is 0 Å². The molecule has 0 aliphatic carbocycles. The molecule has 0 aliphatic rings. The number of hydrogen-bond acceptors (Lipinski definition) is 3. The minimum absolute atomic E-state index is 0.0303. The summed E-state index contributed by atoms with van der Waals surface area (Å²) in [5.41, 5.74) is 2.45. The van der Waals surface area contributed by atoms with E-state index in [1.165, 1.54) is 14.0 Å². The van der Waals surface area contributed by atoms with Crippen molar-refractivity contribution in [2.24, 2.45) is 0 Å². The van der Waals surface area contributed by atoms with Crippen molar-refractivity contribution in [3.63, 3.8) is 0 Å². The summed E-state index contributed by atoms with van der Waals surface area (Å²) in [6.45, 7) is 4.00. The van der Waals surface area contributed by atoms with Gasteiger partial charge in [0.1, 0.15) is 0 Å². The zero-order valence-electron chi connectivity index (χ0n) is 11.5. The van der Waals surface area contributed by atoms with Crippen LogP contribution in [-0.4, -0.2) is 25.5 Å². The number of carbonyl (C=O) groups is 2. The maximum atomic E-state index is 11.5. The summed E-state index contributed by atoms with van der Waals surface area (Å²) in [5, 5.41) is 2.72. The fraction of sp³-hybridized carbons (Fsp3) is 0.333. The van der Waals surface area contributed by atoms with E-state index in [-0.39, 0.29) is 11.9 Å². The highest BCUT2D eigenvalue weighted by atomic mass is 16.5. The second-order valence-electron chi connectivity index (χ2n) is 4.19. The second-order valence-corrected chi connectivity index (χ2v) is 4.19. The van der Waals surface area contributed by atoms with Crippen molar-refractivity contribution < 1.29 is 14.3 Å². The predicted octanol–water partition coefficient (Wildman–Crippen LogP) is 2.32. The molecule has 0 bridgehead atoms. The second kappa shape index (κ2) is 7.36. The molecular formula is C15H19NO3. The molecule has 0 unspecified atom stereocenters. The molecule has 1 aromatic rings. The SMILES string of the molecule is COC(=O)c1cccc(C=CCCNC(C)=O)c1C. The van der Waals surface area contributed by atoms with Gasteiger partial charge in [-0.15, -0.1) is 0 Å². The molecule has 0 aliphatic heterocycles. The van der Waals surface area contributed by atoms with Crippen LogP contribution >= 0.6 is 0 Å². The number of rotatable bonds is 5. The fourth-order valence-electron chi connectivity index (χ4n) is 1.71. The molecule has 1 rings (SSSR count). The molecule has 0 saturated heterocycles. The van der Waals surface area contributed by atoms with Crippen LogP contribution in [0.5, 0.6) is 0 Å². The van der Waals surface area contributed by atoms with Crippen molar-refractivity contribution in [2.75, 3.05) is 13.7 Å². The van der Waals surface area contributed by atoms with E-state index >= 15 is 0 Å². The van der Waals surface area contributed by atoms with Crippen LogP contribution in [0.3, 0.4) is 0 Å². The Morgan fingerprint density at radius 3 is 2.74 bits per heavy atom. The van der Waals surface area contributed by atoms with E-state index in [4.69, 9.17) is 4.74 Å². The minimum Gasteiger partial charge on any atom is -0.465 e. The van der Waals surface area contributed by atoms with Crippen molar-refractivity contribution in [2.45, 2.75) is 20.3 Å². The fourth-order valence-corrected chi connectivity index (χ4v) is 1.71. The Balaban J connectivity index is 2.71. The molecule has 0 fully saturated rings. The lowest BCUT2D eigenvalue weighted by atomic mass is 10.0. The van der Waals surface area contributed by atoms with Crippen LogP contribution < -0.4 is 5.32 Å². The lowest BCUT2D eigenvalue weighted by Gasteiger charge is -2.06. The van der Waals surface area contributed by atoms with Crippen LogP contribution in [0.4, 0.5) is 0 Å². The number of hydrogen-bond donors (Lipinski definition) is 1. The van der Waals surface area contributed by atoms with Crippen LogP contribution in [0.1, 0.15) is 34.8 Å². The van der Waals surface area contributed by atoms with Crippen molar-refractivity contribution in [1.29, 1.82) is 0 Å². The number of methoxy groups -OCH3 is 1. The van der Waals surface area contributed by atoms with Gasteiger partial charge in [0, 0.05) is 13.5 Å². The Kier molecular flexibility index (Phi) is 5.79. The van der Waals surface area contributed by atoms with Crippen LogP contribution in [0.2, 0.25) is 0 Å². The first-order chi connectivity index (χ1) is 9.06. The van der Waals surface area contributed by atoms with E-state index < -0.39 is 0 Å². The number of amides is 1. The lowest BCUT2D eigenvalue weighted by molar-refractivity contribution is -0.118. The van der Waals surface area contributed by atoms with Gasteiger partial charge in [0.15, 0.2) is 0 Å². The van der Waals surface area contributed by atoms with Gasteiger partial charge < -0.3 is 10.1 Å². The molecule has 0 heterocycles. The summed E-state index contributed by atoms with van der Waals surface area (Å²) >= 11 is 0. The molecule has 0 spiro atoms. The molecule has 0 saturated carbocycles. The Labute approximate surface area is 113 Å². The van der Waals surface area contributed by atoms with Crippen molar-refractivity contribution in [1.82, 2.24) is 5.32 Å². The molecule has 102 valence electrons. The first-order valence-electron chi connectivity index (χ1n) is 6.15. The van der Waals surface area contributed by atoms with Crippen molar-refractivity contribution >= 4 is 18.0 Å². The molecule has 0 aromatic heterocycles. The Hall–Kier alpha value is -2.10. The number of ether oxygens (including phenoxy) is 1. The van der Waals surface area contributed by atoms with Crippen LogP contribution in [-0.2, 0) is 9.53 Å². The van der Waals surface area contributed by atoms with Crippen LogP contribution in [0.15, 0.2) is 24.3 Å². The van der Waals surface area contributed by atoms with Gasteiger partial charge >= 0.3 is 5.97 Å². The summed E-state index contributed by atoms with van der Waals surface area (Å²) in [6, 6.07) is 5.51. The molecule has 0 radical (unpaired) electrons. The van der Waals surface area contributed by atoms with E-state index in [2.05, 4.69) is 5.32 Å². The molecule has 4 nitrogen and oxygen atoms in total. The van der Waals surface area contributed by atoms with Gasteiger partial charge in [-0.3, -0.25) is 4.79 Å². The zero-order valence-corrected chi connectivity index (χ0v) is 11.5. The summed E-state index contributed by atoms with van der Waals surface area (Å²) < 4.78 is 4.73. The Morgan fingerprint density at radius 1 is 1.37 bits per heavy atom. The van der Waals surface area contributed by atoms with E-state index in [0.717, 1.165) is 17.5 Å². The minimum atomic E-state index is -0.328. The van der Waals surface area contributed by atoms with E-state index in [0.29, 0.717) is 12.1 Å². The number of nitrogens with one attached hydrogen (secondary N) is 1. The van der Waals surface area contributed by atoms with E-state index in [9.17, 15) is 9.59 Å². The molecule has 0 atom stereocenters. The number of carbonyl (C=O) groups excluding carboxylic acids is 2. The average Bonchev–Trinajstić information content (AvgIpc) is 2.39.